The molecule has 0 aromatic rings. The second kappa shape index (κ2) is 15.5. The van der Waals surface area contributed by atoms with Crippen molar-refractivity contribution in [2.75, 3.05) is 0 Å². The highest BCUT2D eigenvalue weighted by molar-refractivity contribution is 5.13. The van der Waals surface area contributed by atoms with Crippen LogP contribution in [-0.4, -0.2) is 33.6 Å². The molecule has 130 valence electrons. The monoisotopic (exact) mass is 320 g/mol. The maximum atomic E-state index is 9.74. The first kappa shape index (κ1) is 21.6. The lowest BCUT2D eigenvalue weighted by molar-refractivity contribution is 0.209. The van der Waals surface area contributed by atoms with Crippen molar-refractivity contribution >= 4 is 0 Å². The molecular formula is C20H32O3. The zero-order chi connectivity index (χ0) is 17.3. The molecule has 3 N–H and O–H groups in total. The van der Waals surface area contributed by atoms with Crippen molar-refractivity contribution in [3.05, 3.63) is 60.8 Å². The highest BCUT2D eigenvalue weighted by Crippen LogP contribution is 2.01. The summed E-state index contributed by atoms with van der Waals surface area (Å²) in [5.41, 5.74) is 0. The van der Waals surface area contributed by atoms with Gasteiger partial charge in [0.25, 0.3) is 0 Å². The molecule has 0 aliphatic rings. The van der Waals surface area contributed by atoms with Gasteiger partial charge in [0.15, 0.2) is 0 Å². The second-order valence-corrected chi connectivity index (χ2v) is 5.46. The van der Waals surface area contributed by atoms with Crippen LogP contribution in [0, 0.1) is 0 Å². The molecule has 0 aliphatic heterocycles. The summed E-state index contributed by atoms with van der Waals surface area (Å²) in [6.07, 6.45) is 20.8. The summed E-state index contributed by atoms with van der Waals surface area (Å²) in [6, 6.07) is 0. The van der Waals surface area contributed by atoms with E-state index in [1.807, 2.05) is 37.3 Å². The Bertz CT molecular complexity index is 405. The van der Waals surface area contributed by atoms with Gasteiger partial charge in [0.2, 0.25) is 0 Å². The summed E-state index contributed by atoms with van der Waals surface area (Å²) in [6.45, 7) is 4.02. The minimum absolute atomic E-state index is 0.376. The second-order valence-electron chi connectivity index (χ2n) is 5.46. The zero-order valence-electron chi connectivity index (χ0n) is 14.4. The first-order chi connectivity index (χ1) is 11.1. The lowest BCUT2D eigenvalue weighted by Crippen LogP contribution is -2.00. The first-order valence-electron chi connectivity index (χ1n) is 8.49. The van der Waals surface area contributed by atoms with Crippen LogP contribution in [0.2, 0.25) is 0 Å². The molecule has 0 heterocycles. The summed E-state index contributed by atoms with van der Waals surface area (Å²) >= 11 is 0. The average molecular weight is 320 g/mol. The van der Waals surface area contributed by atoms with Crippen molar-refractivity contribution in [2.45, 2.75) is 64.3 Å². The molecule has 2 unspecified atom stereocenters. The van der Waals surface area contributed by atoms with Crippen molar-refractivity contribution in [3.8, 4) is 0 Å². The fourth-order valence-corrected chi connectivity index (χ4v) is 1.73. The Balaban J connectivity index is 3.93. The smallest absolute Gasteiger partial charge is 0.0758 e. The third-order valence-electron chi connectivity index (χ3n) is 3.23. The van der Waals surface area contributed by atoms with E-state index in [9.17, 15) is 15.3 Å². The number of hydrogen-bond acceptors (Lipinski definition) is 3. The molecule has 3 atom stereocenters. The lowest BCUT2D eigenvalue weighted by atomic mass is 10.1. The molecule has 23 heavy (non-hydrogen) atoms. The van der Waals surface area contributed by atoms with Gasteiger partial charge in [0.1, 0.15) is 0 Å². The van der Waals surface area contributed by atoms with E-state index >= 15 is 0 Å². The van der Waals surface area contributed by atoms with Crippen LogP contribution in [-0.2, 0) is 0 Å². The van der Waals surface area contributed by atoms with E-state index in [4.69, 9.17) is 0 Å². The Kier molecular flexibility index (Phi) is 14.5. The van der Waals surface area contributed by atoms with E-state index < -0.39 is 12.2 Å². The van der Waals surface area contributed by atoms with E-state index in [1.54, 1.807) is 30.4 Å². The van der Waals surface area contributed by atoms with E-state index in [0.29, 0.717) is 12.8 Å². The van der Waals surface area contributed by atoms with Crippen molar-refractivity contribution < 1.29 is 15.3 Å². The van der Waals surface area contributed by atoms with Crippen LogP contribution in [0.3, 0.4) is 0 Å². The summed E-state index contributed by atoms with van der Waals surface area (Å²) < 4.78 is 0. The van der Waals surface area contributed by atoms with Crippen LogP contribution >= 0.6 is 0 Å². The Morgan fingerprint density at radius 2 is 1.26 bits per heavy atom. The molecule has 3 heteroatoms. The van der Waals surface area contributed by atoms with Gasteiger partial charge in [-0.25, -0.2) is 0 Å². The van der Waals surface area contributed by atoms with Crippen LogP contribution in [0.15, 0.2) is 60.8 Å². The molecule has 0 spiro atoms. The van der Waals surface area contributed by atoms with Gasteiger partial charge in [0.05, 0.1) is 18.3 Å². The van der Waals surface area contributed by atoms with E-state index in [0.717, 1.165) is 19.3 Å². The van der Waals surface area contributed by atoms with E-state index in [1.165, 1.54) is 0 Å². The zero-order valence-corrected chi connectivity index (χ0v) is 14.4. The van der Waals surface area contributed by atoms with Crippen LogP contribution in [0.4, 0.5) is 0 Å². The third kappa shape index (κ3) is 15.3. The standard InChI is InChI=1S/C20H32O3/c1-3-5-13-19(22)15-9-6-7-10-16-20(23)17-12-8-11-14-18(21)4-2/h6-12,14-16,18-23H,3-5,13,17H2,1-2H3/b7-6+,12-8-,14-11+,15-9-,16-10+/t18-,19?,20?/m1/s1. The van der Waals surface area contributed by atoms with Crippen LogP contribution in [0.25, 0.3) is 0 Å². The maximum Gasteiger partial charge on any atom is 0.0758 e. The summed E-state index contributed by atoms with van der Waals surface area (Å²) in [5, 5.41) is 28.7. The number of unbranched alkanes of at least 4 members (excludes halogenated alkanes) is 1. The van der Waals surface area contributed by atoms with Gasteiger partial charge in [-0.3, -0.25) is 0 Å². The SMILES string of the molecule is CCCCC(O)\C=C/C=C/C=C/C(O)C/C=C\C=C\[C@H](O)CC. The molecule has 3 nitrogen and oxygen atoms in total. The van der Waals surface area contributed by atoms with E-state index in [2.05, 4.69) is 6.92 Å². The fourth-order valence-electron chi connectivity index (χ4n) is 1.73. The highest BCUT2D eigenvalue weighted by atomic mass is 16.3. The van der Waals surface area contributed by atoms with Crippen molar-refractivity contribution in [2.24, 2.45) is 0 Å². The van der Waals surface area contributed by atoms with Gasteiger partial charge in [-0.05, 0) is 19.3 Å². The van der Waals surface area contributed by atoms with Crippen molar-refractivity contribution in [1.82, 2.24) is 0 Å². The number of rotatable bonds is 12. The molecule has 0 rings (SSSR count). The molecule has 0 saturated heterocycles. The van der Waals surface area contributed by atoms with Crippen LogP contribution < -0.4 is 0 Å². The van der Waals surface area contributed by atoms with E-state index in [-0.39, 0.29) is 6.10 Å². The molecule has 0 fully saturated rings. The molecular weight excluding hydrogens is 288 g/mol. The maximum absolute atomic E-state index is 9.74. The normalized spacial score (nSPS) is 17.3. The minimum atomic E-state index is -0.528. The number of allylic oxidation sites excluding steroid dienone is 6. The fraction of sp³-hybridized carbons (Fsp3) is 0.500. The van der Waals surface area contributed by atoms with Gasteiger partial charge in [-0.1, -0.05) is 87.4 Å². The topological polar surface area (TPSA) is 60.7 Å². The Hall–Kier alpha value is -1.42. The highest BCUT2D eigenvalue weighted by Gasteiger charge is 1.95. The third-order valence-corrected chi connectivity index (χ3v) is 3.23. The lowest BCUT2D eigenvalue weighted by Gasteiger charge is -2.01. The quantitative estimate of drug-likeness (QED) is 0.479. The van der Waals surface area contributed by atoms with Gasteiger partial charge >= 0.3 is 0 Å². The number of hydrogen-bond donors (Lipinski definition) is 3. The minimum Gasteiger partial charge on any atom is -0.389 e. The molecule has 0 aliphatic carbocycles. The van der Waals surface area contributed by atoms with Gasteiger partial charge in [-0.15, -0.1) is 0 Å². The molecule has 0 amide bonds. The van der Waals surface area contributed by atoms with Gasteiger partial charge in [0, 0.05) is 0 Å². The van der Waals surface area contributed by atoms with Gasteiger partial charge in [-0.2, -0.15) is 0 Å². The summed E-state index contributed by atoms with van der Waals surface area (Å²) in [5.74, 6) is 0. The molecule has 0 aromatic carbocycles. The first-order valence-corrected chi connectivity index (χ1v) is 8.49. The van der Waals surface area contributed by atoms with Gasteiger partial charge < -0.3 is 15.3 Å². The molecule has 0 radical (unpaired) electrons. The summed E-state index contributed by atoms with van der Waals surface area (Å²) in [4.78, 5) is 0. The van der Waals surface area contributed by atoms with Crippen LogP contribution in [0.5, 0.6) is 0 Å². The molecule has 0 bridgehead atoms. The number of aliphatic hydroxyl groups is 3. The average Bonchev–Trinajstić information content (AvgIpc) is 2.55. The predicted molar refractivity (Wildman–Crippen MR) is 98.2 cm³/mol. The predicted octanol–water partition coefficient (Wildman–Crippen LogP) is 3.84. The van der Waals surface area contributed by atoms with Crippen LogP contribution in [0.1, 0.15) is 46.0 Å². The van der Waals surface area contributed by atoms with Crippen molar-refractivity contribution in [3.63, 3.8) is 0 Å². The Morgan fingerprint density at radius 1 is 0.696 bits per heavy atom. The Labute approximate surface area is 141 Å². The number of aliphatic hydroxyl groups excluding tert-OH is 3. The summed E-state index contributed by atoms with van der Waals surface area (Å²) in [7, 11) is 0. The molecule has 0 saturated carbocycles. The Morgan fingerprint density at radius 3 is 1.87 bits per heavy atom. The van der Waals surface area contributed by atoms with Crippen molar-refractivity contribution in [1.29, 1.82) is 0 Å². The largest absolute Gasteiger partial charge is 0.389 e. The molecule has 0 aromatic heterocycles.